The molecule has 0 spiro atoms. The van der Waals surface area contributed by atoms with E-state index < -0.39 is 6.10 Å². The van der Waals surface area contributed by atoms with Crippen LogP contribution in [0.3, 0.4) is 0 Å². The van der Waals surface area contributed by atoms with Gasteiger partial charge in [-0.25, -0.2) is 9.97 Å². The molecule has 1 aromatic rings. The number of hydrogen-bond acceptors (Lipinski definition) is 4. The molecule has 82 valence electrons. The third-order valence-electron chi connectivity index (χ3n) is 2.00. The molecule has 1 rings (SSSR count). The predicted molar refractivity (Wildman–Crippen MR) is 55.1 cm³/mol. The minimum absolute atomic E-state index is 0.145. The van der Waals surface area contributed by atoms with Gasteiger partial charge < -0.3 is 10.1 Å². The molecule has 1 amide bonds. The third kappa shape index (κ3) is 3.63. The van der Waals surface area contributed by atoms with Crippen LogP contribution in [0.4, 0.5) is 0 Å². The van der Waals surface area contributed by atoms with Crippen LogP contribution in [0.1, 0.15) is 18.4 Å². The molecule has 1 heterocycles. The number of methoxy groups -OCH3 is 1. The molecule has 0 aliphatic heterocycles. The van der Waals surface area contributed by atoms with E-state index in [0.717, 1.165) is 5.69 Å². The van der Waals surface area contributed by atoms with E-state index in [1.54, 1.807) is 19.2 Å². The molecule has 0 saturated carbocycles. The molecule has 0 aromatic carbocycles. The second-order valence-corrected chi connectivity index (χ2v) is 3.19. The summed E-state index contributed by atoms with van der Waals surface area (Å²) in [4.78, 5) is 19.5. The summed E-state index contributed by atoms with van der Waals surface area (Å²) in [6, 6.07) is 1.77. The number of nitrogens with zero attached hydrogens (tertiary/aromatic N) is 2. The third-order valence-corrected chi connectivity index (χ3v) is 2.00. The Labute approximate surface area is 88.9 Å². The lowest BCUT2D eigenvalue weighted by Gasteiger charge is -2.09. The highest BCUT2D eigenvalue weighted by molar-refractivity contribution is 5.80. The fourth-order valence-electron chi connectivity index (χ4n) is 1.03. The van der Waals surface area contributed by atoms with Crippen LogP contribution < -0.4 is 5.32 Å². The van der Waals surface area contributed by atoms with Crippen molar-refractivity contribution in [3.63, 3.8) is 0 Å². The molecule has 0 fully saturated rings. The SMILES string of the molecule is COC(C)C(=O)NCc1ccnc(C)n1. The maximum Gasteiger partial charge on any atom is 0.249 e. The van der Waals surface area contributed by atoms with E-state index in [0.29, 0.717) is 12.4 Å². The summed E-state index contributed by atoms with van der Waals surface area (Å²) in [7, 11) is 1.50. The summed E-state index contributed by atoms with van der Waals surface area (Å²) in [5.41, 5.74) is 0.791. The fourth-order valence-corrected chi connectivity index (χ4v) is 1.03. The van der Waals surface area contributed by atoms with Gasteiger partial charge in [-0.3, -0.25) is 4.79 Å². The summed E-state index contributed by atoms with van der Waals surface area (Å²) in [6.07, 6.45) is 1.23. The fraction of sp³-hybridized carbons (Fsp3) is 0.500. The Hall–Kier alpha value is -1.49. The molecular formula is C10H15N3O2. The lowest BCUT2D eigenvalue weighted by molar-refractivity contribution is -0.130. The minimum Gasteiger partial charge on any atom is -0.372 e. The first-order chi connectivity index (χ1) is 7.13. The van der Waals surface area contributed by atoms with Crippen molar-refractivity contribution in [3.05, 3.63) is 23.8 Å². The van der Waals surface area contributed by atoms with Crippen LogP contribution in [0.5, 0.6) is 0 Å². The van der Waals surface area contributed by atoms with E-state index in [4.69, 9.17) is 4.74 Å². The van der Waals surface area contributed by atoms with Crippen LogP contribution in [-0.2, 0) is 16.1 Å². The number of aromatic nitrogens is 2. The molecule has 0 aliphatic carbocycles. The highest BCUT2D eigenvalue weighted by Gasteiger charge is 2.10. The number of amides is 1. The van der Waals surface area contributed by atoms with Gasteiger partial charge in [-0.2, -0.15) is 0 Å². The van der Waals surface area contributed by atoms with Crippen molar-refractivity contribution in [1.82, 2.24) is 15.3 Å². The molecule has 5 heteroatoms. The van der Waals surface area contributed by atoms with E-state index in [-0.39, 0.29) is 5.91 Å². The second-order valence-electron chi connectivity index (χ2n) is 3.19. The number of carbonyl (C=O) groups is 1. The number of aryl methyl sites for hydroxylation is 1. The highest BCUT2D eigenvalue weighted by Crippen LogP contribution is 1.95. The molecule has 1 unspecified atom stereocenters. The normalized spacial score (nSPS) is 12.2. The van der Waals surface area contributed by atoms with Gasteiger partial charge in [0.1, 0.15) is 11.9 Å². The van der Waals surface area contributed by atoms with Gasteiger partial charge in [-0.05, 0) is 19.9 Å². The lowest BCUT2D eigenvalue weighted by atomic mass is 10.3. The lowest BCUT2D eigenvalue weighted by Crippen LogP contribution is -2.33. The molecule has 1 atom stereocenters. The van der Waals surface area contributed by atoms with Gasteiger partial charge in [0.2, 0.25) is 5.91 Å². The van der Waals surface area contributed by atoms with Gasteiger partial charge >= 0.3 is 0 Å². The molecule has 0 radical (unpaired) electrons. The molecule has 5 nitrogen and oxygen atoms in total. The first-order valence-electron chi connectivity index (χ1n) is 4.72. The second kappa shape index (κ2) is 5.41. The van der Waals surface area contributed by atoms with Crippen LogP contribution >= 0.6 is 0 Å². The summed E-state index contributed by atoms with van der Waals surface area (Å²) in [5.74, 6) is 0.551. The summed E-state index contributed by atoms with van der Waals surface area (Å²) >= 11 is 0. The van der Waals surface area contributed by atoms with Gasteiger partial charge in [-0.15, -0.1) is 0 Å². The highest BCUT2D eigenvalue weighted by atomic mass is 16.5. The number of carbonyl (C=O) groups excluding carboxylic acids is 1. The van der Waals surface area contributed by atoms with Crippen molar-refractivity contribution in [2.45, 2.75) is 26.5 Å². The Kier molecular flexibility index (Phi) is 4.17. The van der Waals surface area contributed by atoms with Crippen LogP contribution in [-0.4, -0.2) is 29.1 Å². The van der Waals surface area contributed by atoms with E-state index >= 15 is 0 Å². The van der Waals surface area contributed by atoms with Crippen molar-refractivity contribution in [1.29, 1.82) is 0 Å². The first kappa shape index (κ1) is 11.6. The zero-order chi connectivity index (χ0) is 11.3. The molecule has 0 aliphatic rings. The van der Waals surface area contributed by atoms with Crippen LogP contribution in [0.25, 0.3) is 0 Å². The standard InChI is InChI=1S/C10H15N3O2/c1-7(15-3)10(14)12-6-9-4-5-11-8(2)13-9/h4-5,7H,6H2,1-3H3,(H,12,14). The van der Waals surface area contributed by atoms with Crippen LogP contribution in [0.15, 0.2) is 12.3 Å². The van der Waals surface area contributed by atoms with Crippen molar-refractivity contribution < 1.29 is 9.53 Å². The van der Waals surface area contributed by atoms with Crippen molar-refractivity contribution in [2.75, 3.05) is 7.11 Å². The average Bonchev–Trinajstić information content (AvgIpc) is 2.25. The molecule has 0 saturated heterocycles. The smallest absolute Gasteiger partial charge is 0.249 e. The van der Waals surface area contributed by atoms with Gasteiger partial charge in [0.25, 0.3) is 0 Å². The Bertz CT molecular complexity index is 341. The molecule has 15 heavy (non-hydrogen) atoms. The van der Waals surface area contributed by atoms with Gasteiger partial charge in [-0.1, -0.05) is 0 Å². The Morgan fingerprint density at radius 1 is 1.67 bits per heavy atom. The topological polar surface area (TPSA) is 64.1 Å². The molecular weight excluding hydrogens is 194 g/mol. The Morgan fingerprint density at radius 3 is 3.00 bits per heavy atom. The largest absolute Gasteiger partial charge is 0.372 e. The Morgan fingerprint density at radius 2 is 2.40 bits per heavy atom. The van der Waals surface area contributed by atoms with E-state index in [9.17, 15) is 4.79 Å². The predicted octanol–water partition coefficient (Wildman–Crippen LogP) is 0.436. The zero-order valence-electron chi connectivity index (χ0n) is 9.15. The maximum absolute atomic E-state index is 11.4. The quantitative estimate of drug-likeness (QED) is 0.781. The maximum atomic E-state index is 11.4. The van der Waals surface area contributed by atoms with Crippen molar-refractivity contribution >= 4 is 5.91 Å². The number of rotatable bonds is 4. The molecule has 0 bridgehead atoms. The van der Waals surface area contributed by atoms with Gasteiger partial charge in [0, 0.05) is 13.3 Å². The minimum atomic E-state index is -0.437. The molecule has 1 N–H and O–H groups in total. The van der Waals surface area contributed by atoms with E-state index in [1.807, 2.05) is 6.92 Å². The number of ether oxygens (including phenoxy) is 1. The Balaban J connectivity index is 2.47. The first-order valence-corrected chi connectivity index (χ1v) is 4.72. The van der Waals surface area contributed by atoms with E-state index in [2.05, 4.69) is 15.3 Å². The van der Waals surface area contributed by atoms with Crippen molar-refractivity contribution in [3.8, 4) is 0 Å². The average molecular weight is 209 g/mol. The van der Waals surface area contributed by atoms with Gasteiger partial charge in [0.15, 0.2) is 0 Å². The van der Waals surface area contributed by atoms with Crippen molar-refractivity contribution in [2.24, 2.45) is 0 Å². The van der Waals surface area contributed by atoms with E-state index in [1.165, 1.54) is 7.11 Å². The summed E-state index contributed by atoms with van der Waals surface area (Å²) in [5, 5.41) is 2.72. The zero-order valence-corrected chi connectivity index (χ0v) is 9.15. The number of hydrogen-bond donors (Lipinski definition) is 1. The van der Waals surface area contributed by atoms with Crippen LogP contribution in [0.2, 0.25) is 0 Å². The number of nitrogens with one attached hydrogen (secondary N) is 1. The summed E-state index contributed by atoms with van der Waals surface area (Å²) in [6.45, 7) is 3.90. The summed E-state index contributed by atoms with van der Waals surface area (Å²) < 4.78 is 4.88. The van der Waals surface area contributed by atoms with Gasteiger partial charge in [0.05, 0.1) is 12.2 Å². The molecule has 1 aromatic heterocycles. The monoisotopic (exact) mass is 209 g/mol. The van der Waals surface area contributed by atoms with Crippen LogP contribution in [0, 0.1) is 6.92 Å².